The largest absolute Gasteiger partial charge is 0.333 e. The van der Waals surface area contributed by atoms with Crippen molar-refractivity contribution in [3.05, 3.63) is 29.3 Å². The summed E-state index contributed by atoms with van der Waals surface area (Å²) >= 11 is 6.12. The molecule has 2 N–H and O–H groups in total. The van der Waals surface area contributed by atoms with E-state index in [2.05, 4.69) is 5.32 Å². The average molecular weight is 308 g/mol. The molecule has 21 heavy (non-hydrogen) atoms. The molecule has 0 bridgehead atoms. The second-order valence-electron chi connectivity index (χ2n) is 5.92. The van der Waals surface area contributed by atoms with Crippen LogP contribution in [0, 0.1) is 0 Å². The molecular formula is C16H20ClN2O2+. The lowest BCUT2D eigenvalue weighted by Gasteiger charge is -2.22. The van der Waals surface area contributed by atoms with Crippen LogP contribution >= 0.6 is 11.6 Å². The third-order valence-electron chi connectivity index (χ3n) is 4.43. The standard InChI is InChI=1S/C16H19ClN2O2/c17-12-8-4-5-9-14(12)19-15(20)10-13(16(19)21)18-11-6-2-1-3-7-11/h4-5,8-9,11,13,18H,1-3,6-7,10H2/p+1/t13-/m1/s1. The van der Waals surface area contributed by atoms with Gasteiger partial charge in [-0.15, -0.1) is 0 Å². The van der Waals surface area contributed by atoms with Crippen LogP contribution in [-0.4, -0.2) is 23.9 Å². The van der Waals surface area contributed by atoms with Crippen molar-refractivity contribution in [3.63, 3.8) is 0 Å². The van der Waals surface area contributed by atoms with Crippen molar-refractivity contribution in [1.29, 1.82) is 0 Å². The van der Waals surface area contributed by atoms with Crippen molar-refractivity contribution in [2.75, 3.05) is 4.90 Å². The van der Waals surface area contributed by atoms with E-state index in [-0.39, 0.29) is 24.3 Å². The van der Waals surface area contributed by atoms with Gasteiger partial charge in [0.1, 0.15) is 0 Å². The quantitative estimate of drug-likeness (QED) is 0.867. The molecule has 1 aliphatic heterocycles. The van der Waals surface area contributed by atoms with Crippen LogP contribution in [0.5, 0.6) is 0 Å². The van der Waals surface area contributed by atoms with Gasteiger partial charge in [0.15, 0.2) is 6.04 Å². The number of benzene rings is 1. The summed E-state index contributed by atoms with van der Waals surface area (Å²) in [6.07, 6.45) is 6.30. The normalized spacial score (nSPS) is 23.9. The number of carbonyl (C=O) groups is 2. The summed E-state index contributed by atoms with van der Waals surface area (Å²) in [6.45, 7) is 0. The highest BCUT2D eigenvalue weighted by Crippen LogP contribution is 2.29. The van der Waals surface area contributed by atoms with Crippen molar-refractivity contribution in [2.24, 2.45) is 0 Å². The van der Waals surface area contributed by atoms with E-state index in [9.17, 15) is 9.59 Å². The molecule has 1 saturated carbocycles. The number of quaternary nitrogens is 1. The van der Waals surface area contributed by atoms with Crippen LogP contribution in [-0.2, 0) is 9.59 Å². The number of nitrogens with two attached hydrogens (primary N) is 1. The van der Waals surface area contributed by atoms with E-state index in [1.54, 1.807) is 24.3 Å². The summed E-state index contributed by atoms with van der Waals surface area (Å²) in [5.74, 6) is -0.274. The fraction of sp³-hybridized carbons (Fsp3) is 0.500. The Labute approximate surface area is 129 Å². The lowest BCUT2D eigenvalue weighted by atomic mass is 9.95. The highest BCUT2D eigenvalue weighted by Gasteiger charge is 2.44. The van der Waals surface area contributed by atoms with Crippen LogP contribution in [0.25, 0.3) is 0 Å². The number of carbonyl (C=O) groups excluding carboxylic acids is 2. The maximum atomic E-state index is 12.6. The van der Waals surface area contributed by atoms with Crippen molar-refractivity contribution >= 4 is 29.1 Å². The summed E-state index contributed by atoms with van der Waals surface area (Å²) in [6, 6.07) is 7.21. The number of hydrogen-bond donors (Lipinski definition) is 1. The van der Waals surface area contributed by atoms with Crippen LogP contribution in [0.1, 0.15) is 38.5 Å². The summed E-state index contributed by atoms with van der Waals surface area (Å²) in [5, 5.41) is 2.55. The molecule has 1 aliphatic carbocycles. The lowest BCUT2D eigenvalue weighted by Crippen LogP contribution is -2.96. The molecule has 1 heterocycles. The Morgan fingerprint density at radius 1 is 1.10 bits per heavy atom. The van der Waals surface area contributed by atoms with Crippen LogP contribution in [0.4, 0.5) is 5.69 Å². The van der Waals surface area contributed by atoms with Gasteiger partial charge in [-0.2, -0.15) is 0 Å². The molecule has 4 nitrogen and oxygen atoms in total. The highest BCUT2D eigenvalue weighted by molar-refractivity contribution is 6.36. The van der Waals surface area contributed by atoms with E-state index in [4.69, 9.17) is 11.6 Å². The van der Waals surface area contributed by atoms with Gasteiger partial charge >= 0.3 is 0 Å². The van der Waals surface area contributed by atoms with E-state index < -0.39 is 0 Å². The topological polar surface area (TPSA) is 54.0 Å². The second-order valence-corrected chi connectivity index (χ2v) is 6.33. The predicted molar refractivity (Wildman–Crippen MR) is 81.1 cm³/mol. The minimum atomic E-state index is -0.281. The smallest absolute Gasteiger partial charge is 0.292 e. The van der Waals surface area contributed by atoms with Gasteiger partial charge in [0.25, 0.3) is 5.91 Å². The van der Waals surface area contributed by atoms with E-state index in [1.165, 1.54) is 24.2 Å². The number of para-hydroxylation sites is 1. The van der Waals surface area contributed by atoms with Gasteiger partial charge in [-0.3, -0.25) is 9.59 Å². The zero-order valence-electron chi connectivity index (χ0n) is 11.9. The Bertz CT molecular complexity index is 555. The van der Waals surface area contributed by atoms with Crippen LogP contribution < -0.4 is 10.2 Å². The van der Waals surface area contributed by atoms with Gasteiger partial charge in [-0.1, -0.05) is 30.2 Å². The highest BCUT2D eigenvalue weighted by atomic mass is 35.5. The fourth-order valence-corrected chi connectivity index (χ4v) is 3.57. The predicted octanol–water partition coefficient (Wildman–Crippen LogP) is 1.87. The maximum Gasteiger partial charge on any atom is 0.292 e. The van der Waals surface area contributed by atoms with Gasteiger partial charge < -0.3 is 5.32 Å². The SMILES string of the molecule is O=C1C[C@@H]([NH2+]C2CCCCC2)C(=O)N1c1ccccc1Cl. The Hall–Kier alpha value is -1.39. The molecule has 1 atom stereocenters. The first-order valence-electron chi connectivity index (χ1n) is 7.63. The molecule has 5 heteroatoms. The molecule has 1 aromatic carbocycles. The molecule has 1 saturated heterocycles. The summed E-state index contributed by atoms with van der Waals surface area (Å²) in [5.41, 5.74) is 0.508. The number of hydrogen-bond acceptors (Lipinski definition) is 2. The Kier molecular flexibility index (Phi) is 4.27. The van der Waals surface area contributed by atoms with Gasteiger partial charge in [-0.25, -0.2) is 4.90 Å². The van der Waals surface area contributed by atoms with Crippen LogP contribution in [0.15, 0.2) is 24.3 Å². The molecule has 0 radical (unpaired) electrons. The van der Waals surface area contributed by atoms with Gasteiger partial charge in [0.05, 0.1) is 23.2 Å². The third-order valence-corrected chi connectivity index (χ3v) is 4.75. The molecule has 2 fully saturated rings. The molecule has 2 amide bonds. The number of rotatable bonds is 3. The second kappa shape index (κ2) is 6.16. The van der Waals surface area contributed by atoms with E-state index in [0.717, 1.165) is 12.8 Å². The molecule has 2 aliphatic rings. The fourth-order valence-electron chi connectivity index (χ4n) is 3.35. The van der Waals surface area contributed by atoms with Gasteiger partial charge in [0.2, 0.25) is 5.91 Å². The molecule has 112 valence electrons. The number of amides is 2. The zero-order chi connectivity index (χ0) is 14.8. The monoisotopic (exact) mass is 307 g/mol. The first kappa shape index (κ1) is 14.5. The third kappa shape index (κ3) is 2.97. The molecule has 3 rings (SSSR count). The Morgan fingerprint density at radius 2 is 1.81 bits per heavy atom. The number of halogens is 1. The number of anilines is 1. The van der Waals surface area contributed by atoms with Crippen molar-refractivity contribution in [3.8, 4) is 0 Å². The molecular weight excluding hydrogens is 288 g/mol. The van der Waals surface area contributed by atoms with Crippen molar-refractivity contribution in [1.82, 2.24) is 0 Å². The summed E-state index contributed by atoms with van der Waals surface area (Å²) < 4.78 is 0. The molecule has 1 aromatic rings. The first-order valence-corrected chi connectivity index (χ1v) is 8.01. The van der Waals surface area contributed by atoms with Gasteiger partial charge in [-0.05, 0) is 37.8 Å². The van der Waals surface area contributed by atoms with Crippen LogP contribution in [0.3, 0.4) is 0 Å². The number of imide groups is 1. The lowest BCUT2D eigenvalue weighted by molar-refractivity contribution is -0.710. The van der Waals surface area contributed by atoms with E-state index in [1.807, 2.05) is 0 Å². The minimum absolute atomic E-state index is 0.126. The minimum Gasteiger partial charge on any atom is -0.333 e. The summed E-state index contributed by atoms with van der Waals surface area (Å²) in [4.78, 5) is 26.0. The molecule has 0 spiro atoms. The van der Waals surface area contributed by atoms with Crippen molar-refractivity contribution < 1.29 is 14.9 Å². The maximum absolute atomic E-state index is 12.6. The molecule has 0 unspecified atom stereocenters. The zero-order valence-corrected chi connectivity index (χ0v) is 12.7. The molecule has 0 aromatic heterocycles. The number of nitrogens with zero attached hydrogens (tertiary/aromatic N) is 1. The van der Waals surface area contributed by atoms with Crippen molar-refractivity contribution in [2.45, 2.75) is 50.6 Å². The Balaban J connectivity index is 1.74. The summed E-state index contributed by atoms with van der Waals surface area (Å²) in [7, 11) is 0. The van der Waals surface area contributed by atoms with Gasteiger partial charge in [0, 0.05) is 0 Å². The Morgan fingerprint density at radius 3 is 2.52 bits per heavy atom. The van der Waals surface area contributed by atoms with E-state index in [0.29, 0.717) is 16.8 Å². The van der Waals surface area contributed by atoms with E-state index >= 15 is 0 Å². The first-order chi connectivity index (χ1) is 10.2. The van der Waals surface area contributed by atoms with Crippen LogP contribution in [0.2, 0.25) is 5.02 Å². The average Bonchev–Trinajstić information content (AvgIpc) is 2.76.